The van der Waals surface area contributed by atoms with E-state index in [1.165, 1.54) is 6.07 Å². The second-order valence-corrected chi connectivity index (χ2v) is 8.10. The summed E-state index contributed by atoms with van der Waals surface area (Å²) in [5.41, 5.74) is 2.32. The van der Waals surface area contributed by atoms with Gasteiger partial charge in [-0.1, -0.05) is 30.3 Å². The highest BCUT2D eigenvalue weighted by atomic mass is 19.2. The van der Waals surface area contributed by atoms with E-state index in [-0.39, 0.29) is 18.2 Å². The van der Waals surface area contributed by atoms with Crippen molar-refractivity contribution in [3.8, 4) is 0 Å². The van der Waals surface area contributed by atoms with Gasteiger partial charge in [-0.15, -0.1) is 0 Å². The van der Waals surface area contributed by atoms with Gasteiger partial charge in [-0.05, 0) is 41.3 Å². The molecule has 0 spiro atoms. The van der Waals surface area contributed by atoms with Crippen LogP contribution in [0.3, 0.4) is 0 Å². The fourth-order valence-corrected chi connectivity index (χ4v) is 4.41. The molecule has 2 heterocycles. The maximum atomic E-state index is 13.5. The lowest BCUT2D eigenvalue weighted by molar-refractivity contribution is -0.120. The molecule has 0 saturated carbocycles. The fraction of sp³-hybridized carbons (Fsp3) is 0.240. The van der Waals surface area contributed by atoms with Gasteiger partial charge in [0.2, 0.25) is 5.91 Å². The molecule has 1 N–H and O–H groups in total. The van der Waals surface area contributed by atoms with E-state index in [2.05, 4.69) is 5.32 Å². The van der Waals surface area contributed by atoms with Crippen LogP contribution in [0.2, 0.25) is 0 Å². The van der Waals surface area contributed by atoms with Gasteiger partial charge in [0.1, 0.15) is 5.58 Å². The van der Waals surface area contributed by atoms with Crippen molar-refractivity contribution in [2.24, 2.45) is 5.92 Å². The molecule has 6 heteroatoms. The second kappa shape index (κ2) is 8.02. The summed E-state index contributed by atoms with van der Waals surface area (Å²) in [6.45, 7) is 2.00. The number of rotatable bonds is 5. The molecule has 1 amide bonds. The third-order valence-electron chi connectivity index (χ3n) is 6.03. The van der Waals surface area contributed by atoms with E-state index in [0.29, 0.717) is 18.8 Å². The highest BCUT2D eigenvalue weighted by Crippen LogP contribution is 2.30. The summed E-state index contributed by atoms with van der Waals surface area (Å²) in [4.78, 5) is 14.6. The van der Waals surface area contributed by atoms with Crippen molar-refractivity contribution in [1.29, 1.82) is 0 Å². The van der Waals surface area contributed by atoms with Crippen LogP contribution in [0.1, 0.15) is 12.0 Å². The van der Waals surface area contributed by atoms with Gasteiger partial charge in [0.05, 0.1) is 12.7 Å². The highest BCUT2D eigenvalue weighted by Gasteiger charge is 2.24. The smallest absolute Gasteiger partial charge is 0.224 e. The van der Waals surface area contributed by atoms with E-state index in [1.807, 2.05) is 41.3 Å². The third-order valence-corrected chi connectivity index (χ3v) is 6.03. The number of furan rings is 1. The summed E-state index contributed by atoms with van der Waals surface area (Å²) in [5, 5.41) is 6.20. The molecule has 31 heavy (non-hydrogen) atoms. The summed E-state index contributed by atoms with van der Waals surface area (Å²) >= 11 is 0. The Hall–Kier alpha value is -3.41. The van der Waals surface area contributed by atoms with Crippen molar-refractivity contribution in [2.45, 2.75) is 12.8 Å². The number of halogens is 2. The summed E-state index contributed by atoms with van der Waals surface area (Å²) in [7, 11) is 0. The van der Waals surface area contributed by atoms with Gasteiger partial charge < -0.3 is 14.6 Å². The number of amides is 1. The summed E-state index contributed by atoms with van der Waals surface area (Å²) in [6, 6.07) is 16.0. The Morgan fingerprint density at radius 3 is 2.84 bits per heavy atom. The average molecular weight is 420 g/mol. The second-order valence-electron chi connectivity index (χ2n) is 8.10. The summed E-state index contributed by atoms with van der Waals surface area (Å²) in [6.07, 6.45) is 2.80. The molecule has 1 unspecified atom stereocenters. The van der Waals surface area contributed by atoms with Crippen LogP contribution < -0.4 is 10.2 Å². The molecule has 1 atom stereocenters. The number of hydrogen-bond acceptors (Lipinski definition) is 3. The summed E-state index contributed by atoms with van der Waals surface area (Å²) in [5.74, 6) is -1.47. The van der Waals surface area contributed by atoms with Crippen molar-refractivity contribution in [1.82, 2.24) is 5.32 Å². The van der Waals surface area contributed by atoms with E-state index >= 15 is 0 Å². The molecule has 5 rings (SSSR count). The molecule has 4 aromatic rings. The third kappa shape index (κ3) is 3.85. The molecular formula is C25H22F2N2O2. The van der Waals surface area contributed by atoms with Gasteiger partial charge in [-0.2, -0.15) is 0 Å². The van der Waals surface area contributed by atoms with E-state index in [0.717, 1.165) is 46.3 Å². The van der Waals surface area contributed by atoms with Crippen molar-refractivity contribution in [2.75, 3.05) is 24.5 Å². The zero-order valence-electron chi connectivity index (χ0n) is 16.9. The molecule has 158 valence electrons. The first-order valence-electron chi connectivity index (χ1n) is 10.4. The monoisotopic (exact) mass is 420 g/mol. The zero-order chi connectivity index (χ0) is 21.4. The number of benzene rings is 3. The molecule has 0 radical (unpaired) electrons. The topological polar surface area (TPSA) is 45.5 Å². The minimum atomic E-state index is -0.841. The molecule has 1 aliphatic heterocycles. The van der Waals surface area contributed by atoms with Crippen LogP contribution in [0.5, 0.6) is 0 Å². The predicted molar refractivity (Wildman–Crippen MR) is 117 cm³/mol. The van der Waals surface area contributed by atoms with Crippen LogP contribution in [0.4, 0.5) is 14.5 Å². The molecule has 0 aliphatic carbocycles. The first-order valence-corrected chi connectivity index (χ1v) is 10.4. The molecular weight excluding hydrogens is 398 g/mol. The van der Waals surface area contributed by atoms with Gasteiger partial charge in [-0.3, -0.25) is 4.79 Å². The maximum Gasteiger partial charge on any atom is 0.224 e. The van der Waals surface area contributed by atoms with E-state index in [9.17, 15) is 13.6 Å². The number of nitrogens with zero attached hydrogens (tertiary/aromatic N) is 1. The quantitative estimate of drug-likeness (QED) is 0.492. The molecule has 0 bridgehead atoms. The normalized spacial score (nSPS) is 16.3. The van der Waals surface area contributed by atoms with E-state index in [1.54, 1.807) is 12.3 Å². The highest BCUT2D eigenvalue weighted by molar-refractivity contribution is 6.08. The van der Waals surface area contributed by atoms with Gasteiger partial charge >= 0.3 is 0 Å². The molecule has 1 aliphatic rings. The fourth-order valence-electron chi connectivity index (χ4n) is 4.41. The van der Waals surface area contributed by atoms with Crippen molar-refractivity contribution < 1.29 is 18.0 Å². The molecule has 1 fully saturated rings. The Balaban J connectivity index is 1.22. The minimum Gasteiger partial charge on any atom is -0.464 e. The molecule has 1 aromatic heterocycles. The Morgan fingerprint density at radius 2 is 1.97 bits per heavy atom. The Morgan fingerprint density at radius 1 is 1.10 bits per heavy atom. The molecule has 1 saturated heterocycles. The summed E-state index contributed by atoms with van der Waals surface area (Å²) < 4.78 is 32.3. The maximum absolute atomic E-state index is 13.5. The van der Waals surface area contributed by atoms with Gasteiger partial charge in [0.15, 0.2) is 11.6 Å². The molecule has 4 nitrogen and oxygen atoms in total. The molecule has 3 aromatic carbocycles. The van der Waals surface area contributed by atoms with Crippen LogP contribution in [0.25, 0.3) is 21.7 Å². The lowest BCUT2D eigenvalue weighted by Gasteiger charge is -2.19. The Bertz CT molecular complexity index is 1270. The van der Waals surface area contributed by atoms with Crippen LogP contribution in [-0.4, -0.2) is 25.5 Å². The average Bonchev–Trinajstić information content (AvgIpc) is 3.42. The van der Waals surface area contributed by atoms with Crippen molar-refractivity contribution in [3.05, 3.63) is 78.1 Å². The number of nitrogens with one attached hydrogen (secondary N) is 1. The largest absolute Gasteiger partial charge is 0.464 e. The van der Waals surface area contributed by atoms with Crippen LogP contribution in [-0.2, 0) is 11.2 Å². The predicted octanol–water partition coefficient (Wildman–Crippen LogP) is 5.05. The number of fused-ring (bicyclic) bond motifs is 3. The van der Waals surface area contributed by atoms with Gasteiger partial charge in [0.25, 0.3) is 0 Å². The van der Waals surface area contributed by atoms with E-state index in [4.69, 9.17) is 4.42 Å². The number of carbonyl (C=O) groups excluding carboxylic acids is 1. The first kappa shape index (κ1) is 19.5. The van der Waals surface area contributed by atoms with E-state index < -0.39 is 11.6 Å². The lowest BCUT2D eigenvalue weighted by Crippen LogP contribution is -2.32. The minimum absolute atomic E-state index is 0.0538. The Labute approximate surface area is 178 Å². The van der Waals surface area contributed by atoms with Gasteiger partial charge in [0, 0.05) is 42.3 Å². The first-order chi connectivity index (χ1) is 15.1. The van der Waals surface area contributed by atoms with Crippen LogP contribution >= 0.6 is 0 Å². The van der Waals surface area contributed by atoms with Crippen LogP contribution in [0, 0.1) is 17.6 Å². The van der Waals surface area contributed by atoms with Crippen LogP contribution in [0.15, 0.2) is 65.3 Å². The number of hydrogen-bond donors (Lipinski definition) is 1. The SMILES string of the molecule is O=C(Cc1coc2ccc3ccccc3c12)NCC1CCN(c2ccc(F)c(F)c2)C1. The zero-order valence-corrected chi connectivity index (χ0v) is 16.9. The number of anilines is 1. The lowest BCUT2D eigenvalue weighted by atomic mass is 10.0. The Kier molecular flexibility index (Phi) is 5.06. The van der Waals surface area contributed by atoms with Crippen molar-refractivity contribution >= 4 is 33.3 Å². The number of carbonyl (C=O) groups is 1. The van der Waals surface area contributed by atoms with Gasteiger partial charge in [-0.25, -0.2) is 8.78 Å². The standard InChI is InChI=1S/C25H22F2N2O2/c26-21-7-6-19(12-22(21)27)29-10-9-16(14-29)13-28-24(30)11-18-15-31-23-8-5-17-3-1-2-4-20(17)25(18)23/h1-8,12,15-16H,9-11,13-14H2,(H,28,30). The van der Waals surface area contributed by atoms with Crippen molar-refractivity contribution in [3.63, 3.8) is 0 Å².